The molecule has 0 radical (unpaired) electrons. The average Bonchev–Trinajstić information content (AvgIpc) is 3.14. The van der Waals surface area contributed by atoms with Crippen molar-refractivity contribution in [1.29, 1.82) is 0 Å². The van der Waals surface area contributed by atoms with Crippen LogP contribution in [0.5, 0.6) is 5.75 Å². The van der Waals surface area contributed by atoms with Crippen molar-refractivity contribution < 1.29 is 9.53 Å². The molecule has 1 fully saturated rings. The summed E-state index contributed by atoms with van der Waals surface area (Å²) < 4.78 is 5.76. The number of hydrogen-bond donors (Lipinski definition) is 2. The second-order valence-electron chi connectivity index (χ2n) is 5.78. The molecule has 2 aromatic carbocycles. The number of carbonyl (C=O) groups is 1. The van der Waals surface area contributed by atoms with Crippen LogP contribution in [0, 0.1) is 0 Å². The molecular weight excluding hydrogens is 288 g/mol. The molecule has 0 spiro atoms. The Morgan fingerprint density at radius 1 is 1.09 bits per heavy atom. The molecule has 2 N–H and O–H groups in total. The first-order valence-corrected chi connectivity index (χ1v) is 8.08. The van der Waals surface area contributed by atoms with Gasteiger partial charge in [0.1, 0.15) is 12.4 Å². The summed E-state index contributed by atoms with van der Waals surface area (Å²) >= 11 is 0. The molecule has 23 heavy (non-hydrogen) atoms. The Morgan fingerprint density at radius 2 is 1.87 bits per heavy atom. The molecule has 1 amide bonds. The van der Waals surface area contributed by atoms with E-state index in [-0.39, 0.29) is 11.9 Å². The highest BCUT2D eigenvalue weighted by Crippen LogP contribution is 2.14. The lowest BCUT2D eigenvalue weighted by Crippen LogP contribution is -2.39. The second kappa shape index (κ2) is 7.79. The molecule has 1 aliphatic rings. The Bertz CT molecular complexity index is 620. The number of benzene rings is 2. The highest BCUT2D eigenvalue weighted by atomic mass is 16.5. The SMILES string of the molecule is O=C(NCc1ccc(OCc2ccccc2)cc1)C1CCCN1. The number of rotatable bonds is 6. The van der Waals surface area contributed by atoms with E-state index in [1.165, 1.54) is 0 Å². The molecule has 4 heteroatoms. The Morgan fingerprint density at radius 3 is 2.57 bits per heavy atom. The van der Waals surface area contributed by atoms with Crippen molar-refractivity contribution in [1.82, 2.24) is 10.6 Å². The summed E-state index contributed by atoms with van der Waals surface area (Å²) in [7, 11) is 0. The van der Waals surface area contributed by atoms with E-state index >= 15 is 0 Å². The molecule has 2 aromatic rings. The first-order valence-electron chi connectivity index (χ1n) is 8.08. The third-order valence-electron chi connectivity index (χ3n) is 4.02. The molecule has 120 valence electrons. The van der Waals surface area contributed by atoms with E-state index < -0.39 is 0 Å². The summed E-state index contributed by atoms with van der Waals surface area (Å²) in [4.78, 5) is 11.9. The molecule has 3 rings (SSSR count). The maximum absolute atomic E-state index is 11.9. The maximum atomic E-state index is 11.9. The fourth-order valence-electron chi connectivity index (χ4n) is 2.67. The minimum Gasteiger partial charge on any atom is -0.489 e. The van der Waals surface area contributed by atoms with E-state index in [4.69, 9.17) is 4.74 Å². The van der Waals surface area contributed by atoms with Gasteiger partial charge in [-0.3, -0.25) is 4.79 Å². The summed E-state index contributed by atoms with van der Waals surface area (Å²) in [6, 6.07) is 17.9. The third kappa shape index (κ3) is 4.57. The number of amides is 1. The lowest BCUT2D eigenvalue weighted by atomic mass is 10.2. The van der Waals surface area contributed by atoms with Crippen LogP contribution in [0.1, 0.15) is 24.0 Å². The van der Waals surface area contributed by atoms with Crippen molar-refractivity contribution in [3.63, 3.8) is 0 Å². The van der Waals surface area contributed by atoms with E-state index in [1.54, 1.807) is 0 Å². The molecule has 1 unspecified atom stereocenters. The van der Waals surface area contributed by atoms with Gasteiger partial charge in [-0.05, 0) is 42.6 Å². The minimum absolute atomic E-state index is 0.0246. The highest BCUT2D eigenvalue weighted by Gasteiger charge is 2.21. The first kappa shape index (κ1) is 15.6. The zero-order valence-electron chi connectivity index (χ0n) is 13.1. The molecular formula is C19H22N2O2. The molecule has 0 bridgehead atoms. The molecule has 1 atom stereocenters. The molecule has 1 aliphatic heterocycles. The lowest BCUT2D eigenvalue weighted by molar-refractivity contribution is -0.122. The maximum Gasteiger partial charge on any atom is 0.237 e. The molecule has 1 saturated heterocycles. The summed E-state index contributed by atoms with van der Waals surface area (Å²) in [6.45, 7) is 2.05. The molecule has 1 heterocycles. The normalized spacial score (nSPS) is 17.0. The van der Waals surface area contributed by atoms with E-state index in [0.29, 0.717) is 13.2 Å². The van der Waals surface area contributed by atoms with Gasteiger partial charge in [0.15, 0.2) is 0 Å². The quantitative estimate of drug-likeness (QED) is 0.862. The zero-order valence-corrected chi connectivity index (χ0v) is 13.1. The van der Waals surface area contributed by atoms with Crippen LogP contribution in [0.2, 0.25) is 0 Å². The first-order chi connectivity index (χ1) is 11.3. The third-order valence-corrected chi connectivity index (χ3v) is 4.02. The van der Waals surface area contributed by atoms with Crippen molar-refractivity contribution in [2.45, 2.75) is 32.0 Å². The smallest absolute Gasteiger partial charge is 0.237 e. The van der Waals surface area contributed by atoms with Gasteiger partial charge in [0, 0.05) is 6.54 Å². The van der Waals surface area contributed by atoms with Crippen molar-refractivity contribution in [3.05, 3.63) is 65.7 Å². The van der Waals surface area contributed by atoms with Crippen LogP contribution >= 0.6 is 0 Å². The second-order valence-corrected chi connectivity index (χ2v) is 5.78. The van der Waals surface area contributed by atoms with Gasteiger partial charge in [-0.2, -0.15) is 0 Å². The van der Waals surface area contributed by atoms with Crippen molar-refractivity contribution in [3.8, 4) is 5.75 Å². The Hall–Kier alpha value is -2.33. The number of ether oxygens (including phenoxy) is 1. The predicted octanol–water partition coefficient (Wildman–Crippen LogP) is 2.63. The Balaban J connectivity index is 1.46. The number of hydrogen-bond acceptors (Lipinski definition) is 3. The van der Waals surface area contributed by atoms with Crippen LogP contribution in [-0.4, -0.2) is 18.5 Å². The molecule has 0 saturated carbocycles. The van der Waals surface area contributed by atoms with Gasteiger partial charge in [-0.15, -0.1) is 0 Å². The Kier molecular flexibility index (Phi) is 5.27. The standard InChI is InChI=1S/C19H22N2O2/c22-19(18-7-4-12-20-18)21-13-15-8-10-17(11-9-15)23-14-16-5-2-1-3-6-16/h1-3,5-6,8-11,18,20H,4,7,12-14H2,(H,21,22). The van der Waals surface area contributed by atoms with E-state index in [1.807, 2.05) is 54.6 Å². The summed E-state index contributed by atoms with van der Waals surface area (Å²) in [6.07, 6.45) is 2.00. The van der Waals surface area contributed by atoms with Crippen LogP contribution in [-0.2, 0) is 17.9 Å². The molecule has 4 nitrogen and oxygen atoms in total. The molecule has 0 aliphatic carbocycles. The van der Waals surface area contributed by atoms with Crippen molar-refractivity contribution >= 4 is 5.91 Å². The minimum atomic E-state index is -0.0246. The van der Waals surface area contributed by atoms with E-state index in [9.17, 15) is 4.79 Å². The average molecular weight is 310 g/mol. The van der Waals surface area contributed by atoms with Crippen molar-refractivity contribution in [2.24, 2.45) is 0 Å². The van der Waals surface area contributed by atoms with Gasteiger partial charge in [-0.1, -0.05) is 42.5 Å². The Labute approximate surface area is 136 Å². The van der Waals surface area contributed by atoms with Gasteiger partial charge in [0.25, 0.3) is 0 Å². The fourth-order valence-corrected chi connectivity index (χ4v) is 2.67. The van der Waals surface area contributed by atoms with Gasteiger partial charge in [0.2, 0.25) is 5.91 Å². The van der Waals surface area contributed by atoms with Crippen LogP contribution in [0.25, 0.3) is 0 Å². The number of carbonyl (C=O) groups excluding carboxylic acids is 1. The lowest BCUT2D eigenvalue weighted by Gasteiger charge is -2.11. The number of nitrogens with one attached hydrogen (secondary N) is 2. The topological polar surface area (TPSA) is 50.4 Å². The van der Waals surface area contributed by atoms with Gasteiger partial charge >= 0.3 is 0 Å². The van der Waals surface area contributed by atoms with Crippen LogP contribution < -0.4 is 15.4 Å². The monoisotopic (exact) mass is 310 g/mol. The van der Waals surface area contributed by atoms with Gasteiger partial charge in [-0.25, -0.2) is 0 Å². The summed E-state index contributed by atoms with van der Waals surface area (Å²) in [5.74, 6) is 0.924. The van der Waals surface area contributed by atoms with E-state index in [2.05, 4.69) is 10.6 Å². The summed E-state index contributed by atoms with van der Waals surface area (Å²) in [5.41, 5.74) is 2.22. The molecule has 0 aromatic heterocycles. The van der Waals surface area contributed by atoms with Gasteiger partial charge < -0.3 is 15.4 Å². The van der Waals surface area contributed by atoms with Crippen molar-refractivity contribution in [2.75, 3.05) is 6.54 Å². The van der Waals surface area contributed by atoms with Crippen LogP contribution in [0.4, 0.5) is 0 Å². The predicted molar refractivity (Wildman–Crippen MR) is 90.1 cm³/mol. The highest BCUT2D eigenvalue weighted by molar-refractivity contribution is 5.81. The largest absolute Gasteiger partial charge is 0.489 e. The van der Waals surface area contributed by atoms with Crippen LogP contribution in [0.3, 0.4) is 0 Å². The summed E-state index contributed by atoms with van der Waals surface area (Å²) in [5, 5.41) is 6.18. The fraction of sp³-hybridized carbons (Fsp3) is 0.316. The van der Waals surface area contributed by atoms with Crippen LogP contribution in [0.15, 0.2) is 54.6 Å². The van der Waals surface area contributed by atoms with Gasteiger partial charge in [0.05, 0.1) is 6.04 Å². The zero-order chi connectivity index (χ0) is 15.9. The van der Waals surface area contributed by atoms with E-state index in [0.717, 1.165) is 36.3 Å².